The molecule has 256 valence electrons. The topological polar surface area (TPSA) is 34.6 Å². The fraction of sp³-hybridized carbons (Fsp3) is 0.167. The Labute approximate surface area is 309 Å². The lowest BCUT2D eigenvalue weighted by atomic mass is 9.87. The molecule has 0 unspecified atom stereocenters. The van der Waals surface area contributed by atoms with Crippen molar-refractivity contribution >= 4 is 52.0 Å². The molecule has 4 nitrogen and oxygen atoms in total. The molecular formula is C48H44N4. The maximum absolute atomic E-state index is 9.37. The van der Waals surface area contributed by atoms with Gasteiger partial charge in [-0.3, -0.25) is 0 Å². The molecule has 52 heavy (non-hydrogen) atoms. The van der Waals surface area contributed by atoms with Gasteiger partial charge < -0.3 is 9.80 Å². The van der Waals surface area contributed by atoms with Crippen molar-refractivity contribution in [3.8, 4) is 6.07 Å². The molecule has 0 fully saturated rings. The second-order valence-electron chi connectivity index (χ2n) is 15.1. The average molecular weight is 677 g/mol. The van der Waals surface area contributed by atoms with Gasteiger partial charge >= 0.3 is 0 Å². The maximum Gasteiger partial charge on any atom is 0.187 e. The molecule has 0 heterocycles. The van der Waals surface area contributed by atoms with Gasteiger partial charge in [0.15, 0.2) is 5.69 Å². The van der Waals surface area contributed by atoms with Crippen LogP contribution in [0.1, 0.15) is 69.4 Å². The van der Waals surface area contributed by atoms with Gasteiger partial charge in [-0.2, -0.15) is 5.26 Å². The minimum Gasteiger partial charge on any atom is -0.311 e. The van der Waals surface area contributed by atoms with Gasteiger partial charge in [0.1, 0.15) is 0 Å². The molecule has 0 bridgehead atoms. The lowest BCUT2D eigenvalue weighted by molar-refractivity contribution is 0.590. The van der Waals surface area contributed by atoms with Crippen LogP contribution in [0.3, 0.4) is 0 Å². The van der Waals surface area contributed by atoms with E-state index in [0.29, 0.717) is 11.3 Å². The Balaban J connectivity index is 1.25. The van der Waals surface area contributed by atoms with Crippen molar-refractivity contribution in [1.82, 2.24) is 0 Å². The third-order valence-electron chi connectivity index (χ3n) is 9.25. The summed E-state index contributed by atoms with van der Waals surface area (Å²) >= 11 is 0. The molecule has 0 aliphatic heterocycles. The standard InChI is InChI=1S/C48H44N4/c1-47(2,3)38-16-28-44(29-17-38)51(43-26-14-37(34-49)15-27-43)41-22-10-35(11-23-41)8-9-36-12-24-42(25-13-36)52(46-32-20-40(50-7)21-33-46)45-30-18-39(19-31-45)48(4,5)6/h8-33H,1-6H3/b9-8+. The first-order valence-corrected chi connectivity index (χ1v) is 17.6. The number of nitrogens with zero attached hydrogens (tertiary/aromatic N) is 4. The quantitative estimate of drug-likeness (QED) is 0.119. The third kappa shape index (κ3) is 8.15. The lowest BCUT2D eigenvalue weighted by Crippen LogP contribution is -2.13. The molecule has 0 spiro atoms. The zero-order valence-corrected chi connectivity index (χ0v) is 30.8. The van der Waals surface area contributed by atoms with Crippen molar-refractivity contribution in [3.05, 3.63) is 185 Å². The van der Waals surface area contributed by atoms with Crippen molar-refractivity contribution in [2.75, 3.05) is 9.80 Å². The van der Waals surface area contributed by atoms with Crippen LogP contribution in [0.5, 0.6) is 0 Å². The second-order valence-corrected chi connectivity index (χ2v) is 15.1. The van der Waals surface area contributed by atoms with Crippen molar-refractivity contribution in [2.24, 2.45) is 0 Å². The summed E-state index contributed by atoms with van der Waals surface area (Å²) in [6.45, 7) is 20.7. The first-order chi connectivity index (χ1) is 24.9. The van der Waals surface area contributed by atoms with Gasteiger partial charge in [0.05, 0.1) is 18.2 Å². The number of nitriles is 1. The Morgan fingerprint density at radius 2 is 0.750 bits per heavy atom. The van der Waals surface area contributed by atoms with E-state index in [0.717, 1.165) is 45.3 Å². The van der Waals surface area contributed by atoms with Crippen LogP contribution < -0.4 is 9.80 Å². The smallest absolute Gasteiger partial charge is 0.187 e. The van der Waals surface area contributed by atoms with Crippen LogP contribution in [0.15, 0.2) is 146 Å². The summed E-state index contributed by atoms with van der Waals surface area (Å²) in [5, 5.41) is 9.37. The van der Waals surface area contributed by atoms with E-state index in [1.165, 1.54) is 11.1 Å². The summed E-state index contributed by atoms with van der Waals surface area (Å²) in [5.74, 6) is 0. The Kier molecular flexibility index (Phi) is 10.1. The number of hydrogen-bond acceptors (Lipinski definition) is 3. The molecule has 6 aromatic rings. The molecule has 0 aromatic heterocycles. The fourth-order valence-electron chi connectivity index (χ4n) is 6.14. The fourth-order valence-corrected chi connectivity index (χ4v) is 6.14. The molecule has 0 atom stereocenters. The minimum atomic E-state index is 0.0652. The molecule has 0 radical (unpaired) electrons. The Morgan fingerprint density at radius 1 is 0.462 bits per heavy atom. The van der Waals surface area contributed by atoms with E-state index in [9.17, 15) is 5.26 Å². The van der Waals surface area contributed by atoms with E-state index in [4.69, 9.17) is 6.57 Å². The van der Waals surface area contributed by atoms with Crippen LogP contribution in [0.4, 0.5) is 39.8 Å². The van der Waals surface area contributed by atoms with E-state index in [1.54, 1.807) is 0 Å². The predicted molar refractivity (Wildman–Crippen MR) is 220 cm³/mol. The summed E-state index contributed by atoms with van der Waals surface area (Å²) in [6, 6.07) is 52.3. The average Bonchev–Trinajstić information content (AvgIpc) is 3.15. The van der Waals surface area contributed by atoms with Crippen LogP contribution in [-0.2, 0) is 10.8 Å². The van der Waals surface area contributed by atoms with Crippen molar-refractivity contribution < 1.29 is 0 Å². The van der Waals surface area contributed by atoms with Gasteiger partial charge in [0.25, 0.3) is 0 Å². The highest BCUT2D eigenvalue weighted by molar-refractivity contribution is 5.80. The molecule has 0 N–H and O–H groups in total. The van der Waals surface area contributed by atoms with E-state index < -0.39 is 0 Å². The zero-order chi connectivity index (χ0) is 36.9. The Bertz CT molecular complexity index is 2050. The first kappa shape index (κ1) is 35.5. The molecule has 0 aliphatic carbocycles. The van der Waals surface area contributed by atoms with Gasteiger partial charge in [0, 0.05) is 34.1 Å². The van der Waals surface area contributed by atoms with E-state index in [1.807, 2.05) is 48.5 Å². The maximum atomic E-state index is 9.37. The monoisotopic (exact) mass is 676 g/mol. The van der Waals surface area contributed by atoms with Crippen LogP contribution >= 0.6 is 0 Å². The van der Waals surface area contributed by atoms with Crippen LogP contribution in [0.2, 0.25) is 0 Å². The molecule has 0 saturated carbocycles. The van der Waals surface area contributed by atoms with Gasteiger partial charge in [-0.25, -0.2) is 4.85 Å². The van der Waals surface area contributed by atoms with E-state index in [-0.39, 0.29) is 10.8 Å². The van der Waals surface area contributed by atoms with Crippen LogP contribution in [0.25, 0.3) is 17.0 Å². The normalized spacial score (nSPS) is 11.5. The largest absolute Gasteiger partial charge is 0.311 e. The first-order valence-electron chi connectivity index (χ1n) is 17.6. The number of hydrogen-bond donors (Lipinski definition) is 0. The van der Waals surface area contributed by atoms with Crippen molar-refractivity contribution in [3.63, 3.8) is 0 Å². The van der Waals surface area contributed by atoms with Gasteiger partial charge in [-0.1, -0.05) is 114 Å². The molecule has 6 aromatic carbocycles. The molecule has 4 heteroatoms. The van der Waals surface area contributed by atoms with Crippen molar-refractivity contribution in [1.29, 1.82) is 5.26 Å². The lowest BCUT2D eigenvalue weighted by Gasteiger charge is -2.27. The highest BCUT2D eigenvalue weighted by Gasteiger charge is 2.18. The number of benzene rings is 6. The van der Waals surface area contributed by atoms with E-state index in [2.05, 4.69) is 171 Å². The summed E-state index contributed by atoms with van der Waals surface area (Å²) in [7, 11) is 0. The molecule has 0 amide bonds. The summed E-state index contributed by atoms with van der Waals surface area (Å²) in [4.78, 5) is 8.03. The van der Waals surface area contributed by atoms with E-state index >= 15 is 0 Å². The zero-order valence-electron chi connectivity index (χ0n) is 30.8. The molecule has 0 saturated heterocycles. The summed E-state index contributed by atoms with van der Waals surface area (Å²) in [5.41, 5.74) is 12.3. The van der Waals surface area contributed by atoms with Crippen LogP contribution in [0, 0.1) is 17.9 Å². The third-order valence-corrected chi connectivity index (χ3v) is 9.25. The molecule has 6 rings (SSSR count). The number of rotatable bonds is 8. The highest BCUT2D eigenvalue weighted by Crippen LogP contribution is 2.38. The van der Waals surface area contributed by atoms with Gasteiger partial charge in [-0.15, -0.1) is 0 Å². The van der Waals surface area contributed by atoms with Gasteiger partial charge in [0.2, 0.25) is 0 Å². The molecule has 0 aliphatic rings. The summed E-state index contributed by atoms with van der Waals surface area (Å²) in [6.07, 6.45) is 4.27. The predicted octanol–water partition coefficient (Wildman–Crippen LogP) is 13.8. The van der Waals surface area contributed by atoms with Crippen molar-refractivity contribution in [2.45, 2.75) is 52.4 Å². The minimum absolute atomic E-state index is 0.0652. The SMILES string of the molecule is [C-]#[N+]c1ccc(N(c2ccc(/C=C/c3ccc(N(c4ccc(C#N)cc4)c4ccc(C(C)(C)C)cc4)cc3)cc2)c2ccc(C(C)(C)C)cc2)cc1. The molecular weight excluding hydrogens is 633 g/mol. The second kappa shape index (κ2) is 14.9. The van der Waals surface area contributed by atoms with Gasteiger partial charge in [-0.05, 0) is 118 Å². The number of anilines is 6. The Hall–Kier alpha value is -6.36. The Morgan fingerprint density at radius 3 is 1.04 bits per heavy atom. The highest BCUT2D eigenvalue weighted by atomic mass is 15.1. The summed E-state index contributed by atoms with van der Waals surface area (Å²) < 4.78 is 0. The van der Waals surface area contributed by atoms with Crippen LogP contribution in [-0.4, -0.2) is 0 Å².